The summed E-state index contributed by atoms with van der Waals surface area (Å²) >= 11 is 0. The van der Waals surface area contributed by atoms with Crippen molar-refractivity contribution in [3.8, 4) is 0 Å². The van der Waals surface area contributed by atoms with Gasteiger partial charge in [0.2, 0.25) is 0 Å². The van der Waals surface area contributed by atoms with Crippen LogP contribution in [0.1, 0.15) is 13.8 Å². The van der Waals surface area contributed by atoms with Crippen molar-refractivity contribution >= 4 is 0 Å². The lowest BCUT2D eigenvalue weighted by Gasteiger charge is -2.02. The van der Waals surface area contributed by atoms with Crippen LogP contribution < -0.4 is 0 Å². The second-order valence-electron chi connectivity index (χ2n) is 2.00. The average molecular weight is 156 g/mol. The van der Waals surface area contributed by atoms with Crippen LogP contribution in [0.5, 0.6) is 0 Å². The summed E-state index contributed by atoms with van der Waals surface area (Å²) in [6.07, 6.45) is 4.88. The van der Waals surface area contributed by atoms with Crippen LogP contribution in [0.3, 0.4) is 0 Å². The lowest BCUT2D eigenvalue weighted by atomic mass is 10.4. The first kappa shape index (κ1) is 9.95. The molecule has 11 heavy (non-hydrogen) atoms. The van der Waals surface area contributed by atoms with Gasteiger partial charge in [0.15, 0.2) is 5.76 Å². The van der Waals surface area contributed by atoms with Gasteiger partial charge in [-0.1, -0.05) is 18.7 Å². The van der Waals surface area contributed by atoms with Crippen molar-refractivity contribution in [3.63, 3.8) is 0 Å². The zero-order valence-electron chi connectivity index (χ0n) is 6.93. The van der Waals surface area contributed by atoms with Gasteiger partial charge in [-0.2, -0.15) is 0 Å². The Morgan fingerprint density at radius 3 is 2.64 bits per heavy atom. The Bertz CT molecular complexity index is 176. The van der Waals surface area contributed by atoms with Crippen molar-refractivity contribution < 1.29 is 9.13 Å². The van der Waals surface area contributed by atoms with Crippen LogP contribution >= 0.6 is 0 Å². The lowest BCUT2D eigenvalue weighted by molar-refractivity contribution is 0.249. The summed E-state index contributed by atoms with van der Waals surface area (Å²) in [6.45, 7) is 6.96. The first-order valence-corrected chi connectivity index (χ1v) is 3.45. The van der Waals surface area contributed by atoms with E-state index in [0.717, 1.165) is 0 Å². The topological polar surface area (TPSA) is 9.23 Å². The lowest BCUT2D eigenvalue weighted by Crippen LogP contribution is -1.90. The van der Waals surface area contributed by atoms with Gasteiger partial charge in [0.1, 0.15) is 12.4 Å². The van der Waals surface area contributed by atoms with E-state index in [4.69, 9.17) is 4.74 Å². The molecule has 0 spiro atoms. The van der Waals surface area contributed by atoms with Crippen molar-refractivity contribution in [2.24, 2.45) is 0 Å². The van der Waals surface area contributed by atoms with E-state index in [1.807, 2.05) is 0 Å². The van der Waals surface area contributed by atoms with Crippen molar-refractivity contribution in [1.82, 2.24) is 0 Å². The van der Waals surface area contributed by atoms with Crippen molar-refractivity contribution in [1.29, 1.82) is 0 Å². The molecule has 0 aromatic carbocycles. The Hall–Kier alpha value is -1.05. The Labute approximate surface area is 66.9 Å². The number of allylic oxidation sites excluding steroid dienone is 3. The molecule has 2 heteroatoms. The highest BCUT2D eigenvalue weighted by Crippen LogP contribution is 2.08. The Balaban J connectivity index is 4.12. The molecule has 0 atom stereocenters. The molecule has 0 aliphatic heterocycles. The standard InChI is InChI=1S/C9H13FO/c1-4-6-9(8(3)10)11-7-5-2/h4-6H,2,7H2,1,3H3/b6-4-,9-8-. The summed E-state index contributed by atoms with van der Waals surface area (Å²) in [5, 5.41) is 0. The summed E-state index contributed by atoms with van der Waals surface area (Å²) in [7, 11) is 0. The average Bonchev–Trinajstić information content (AvgIpc) is 1.97. The predicted molar refractivity (Wildman–Crippen MR) is 44.8 cm³/mol. The minimum Gasteiger partial charge on any atom is -0.487 e. The predicted octanol–water partition coefficient (Wildman–Crippen LogP) is 2.97. The molecule has 0 unspecified atom stereocenters. The maximum absolute atomic E-state index is 12.5. The molecule has 0 fully saturated rings. The number of hydrogen-bond donors (Lipinski definition) is 0. The molecule has 0 bridgehead atoms. The van der Waals surface area contributed by atoms with Crippen molar-refractivity contribution in [2.75, 3.05) is 6.61 Å². The number of ether oxygens (including phenoxy) is 1. The molecule has 0 aliphatic rings. The van der Waals surface area contributed by atoms with E-state index in [1.165, 1.54) is 6.92 Å². The molecule has 0 saturated heterocycles. The minimum absolute atomic E-state index is 0.271. The van der Waals surface area contributed by atoms with Gasteiger partial charge < -0.3 is 4.74 Å². The molecule has 0 N–H and O–H groups in total. The third-order valence-corrected chi connectivity index (χ3v) is 1.01. The highest BCUT2D eigenvalue weighted by atomic mass is 19.1. The van der Waals surface area contributed by atoms with E-state index >= 15 is 0 Å². The van der Waals surface area contributed by atoms with Crippen LogP contribution in [-0.4, -0.2) is 6.61 Å². The third-order valence-electron chi connectivity index (χ3n) is 1.01. The Morgan fingerprint density at radius 2 is 2.27 bits per heavy atom. The first-order valence-electron chi connectivity index (χ1n) is 3.45. The largest absolute Gasteiger partial charge is 0.487 e. The summed E-state index contributed by atoms with van der Waals surface area (Å²) in [5.41, 5.74) is 0. The number of halogens is 1. The Morgan fingerprint density at radius 1 is 1.64 bits per heavy atom. The molecular formula is C9H13FO. The molecule has 0 aliphatic carbocycles. The molecule has 0 radical (unpaired) electrons. The summed E-state index contributed by atoms with van der Waals surface area (Å²) in [5.74, 6) is -0.0441. The molecule has 0 aromatic rings. The fraction of sp³-hybridized carbons (Fsp3) is 0.333. The summed E-state index contributed by atoms with van der Waals surface area (Å²) in [6, 6.07) is 0. The maximum Gasteiger partial charge on any atom is 0.150 e. The van der Waals surface area contributed by atoms with Gasteiger partial charge in [0, 0.05) is 0 Å². The number of hydrogen-bond acceptors (Lipinski definition) is 1. The maximum atomic E-state index is 12.5. The first-order chi connectivity index (χ1) is 5.22. The van der Waals surface area contributed by atoms with Gasteiger partial charge in [-0.3, -0.25) is 0 Å². The molecule has 0 saturated carbocycles. The van der Waals surface area contributed by atoms with Crippen LogP contribution in [0.2, 0.25) is 0 Å². The SMILES string of the molecule is C=CCOC(/C=C\C)=C(/C)F. The van der Waals surface area contributed by atoms with E-state index in [0.29, 0.717) is 6.61 Å². The van der Waals surface area contributed by atoms with Gasteiger partial charge in [0.05, 0.1) is 0 Å². The van der Waals surface area contributed by atoms with Gasteiger partial charge in [0.25, 0.3) is 0 Å². The monoisotopic (exact) mass is 156 g/mol. The summed E-state index contributed by atoms with van der Waals surface area (Å²) < 4.78 is 17.5. The van der Waals surface area contributed by atoms with Crippen LogP contribution in [-0.2, 0) is 4.74 Å². The summed E-state index contributed by atoms with van der Waals surface area (Å²) in [4.78, 5) is 0. The fourth-order valence-electron chi connectivity index (χ4n) is 0.562. The van der Waals surface area contributed by atoms with E-state index in [1.54, 1.807) is 25.2 Å². The molecule has 0 rings (SSSR count). The quantitative estimate of drug-likeness (QED) is 0.345. The second-order valence-corrected chi connectivity index (χ2v) is 2.00. The van der Waals surface area contributed by atoms with Crippen molar-refractivity contribution in [3.05, 3.63) is 36.4 Å². The highest BCUT2D eigenvalue weighted by molar-refractivity contribution is 5.14. The fourth-order valence-corrected chi connectivity index (χ4v) is 0.562. The smallest absolute Gasteiger partial charge is 0.150 e. The van der Waals surface area contributed by atoms with E-state index in [-0.39, 0.29) is 11.6 Å². The van der Waals surface area contributed by atoms with Crippen LogP contribution in [0.15, 0.2) is 36.4 Å². The normalized spacial score (nSPS) is 13.0. The van der Waals surface area contributed by atoms with Gasteiger partial charge >= 0.3 is 0 Å². The molecular weight excluding hydrogens is 143 g/mol. The molecule has 62 valence electrons. The number of rotatable bonds is 4. The van der Waals surface area contributed by atoms with Gasteiger partial charge in [-0.25, -0.2) is 4.39 Å². The van der Waals surface area contributed by atoms with Crippen LogP contribution in [0.4, 0.5) is 4.39 Å². The molecule has 0 aromatic heterocycles. The second kappa shape index (κ2) is 5.71. The molecule has 1 nitrogen and oxygen atoms in total. The minimum atomic E-state index is -0.315. The van der Waals surface area contributed by atoms with Gasteiger partial charge in [-0.15, -0.1) is 0 Å². The highest BCUT2D eigenvalue weighted by Gasteiger charge is 1.96. The van der Waals surface area contributed by atoms with E-state index in [2.05, 4.69) is 6.58 Å². The zero-order chi connectivity index (χ0) is 8.69. The van der Waals surface area contributed by atoms with Crippen LogP contribution in [0, 0.1) is 0 Å². The molecule has 0 amide bonds. The van der Waals surface area contributed by atoms with E-state index < -0.39 is 0 Å². The van der Waals surface area contributed by atoms with Crippen molar-refractivity contribution in [2.45, 2.75) is 13.8 Å². The van der Waals surface area contributed by atoms with Crippen LogP contribution in [0.25, 0.3) is 0 Å². The Kier molecular flexibility index (Phi) is 5.17. The molecule has 0 heterocycles. The van der Waals surface area contributed by atoms with E-state index in [9.17, 15) is 4.39 Å². The zero-order valence-corrected chi connectivity index (χ0v) is 6.93. The third kappa shape index (κ3) is 4.37. The van der Waals surface area contributed by atoms with Gasteiger partial charge in [-0.05, 0) is 19.9 Å².